The van der Waals surface area contributed by atoms with Gasteiger partial charge in [-0.2, -0.15) is 0 Å². The number of halogens is 1. The Labute approximate surface area is 122 Å². The van der Waals surface area contributed by atoms with E-state index in [0.29, 0.717) is 11.8 Å². The van der Waals surface area contributed by atoms with Crippen LogP contribution in [0.5, 0.6) is 0 Å². The molecular weight excluding hydrogens is 260 g/mol. The Morgan fingerprint density at radius 2 is 1.74 bits per heavy atom. The lowest BCUT2D eigenvalue weighted by molar-refractivity contribution is -0.133. The largest absolute Gasteiger partial charge is 0.341 e. The van der Waals surface area contributed by atoms with Gasteiger partial charge in [-0.05, 0) is 23.8 Å². The first-order valence-electron chi connectivity index (χ1n) is 7.39. The summed E-state index contributed by atoms with van der Waals surface area (Å²) in [6.07, 6.45) is 1.07. The number of carbonyl (C=O) groups is 1. The lowest BCUT2D eigenvalue weighted by Gasteiger charge is -2.22. The minimum atomic E-state index is 0.145. The average Bonchev–Trinajstić information content (AvgIpc) is 2.84. The van der Waals surface area contributed by atoms with Gasteiger partial charge in [-0.25, -0.2) is 0 Å². The molecule has 0 N–H and O–H groups in total. The van der Waals surface area contributed by atoms with Crippen LogP contribution in [-0.2, 0) is 4.79 Å². The Morgan fingerprint density at radius 3 is 2.26 bits per heavy atom. The van der Waals surface area contributed by atoms with Crippen LogP contribution in [0.2, 0.25) is 0 Å². The minimum absolute atomic E-state index is 0.145. The lowest BCUT2D eigenvalue weighted by Crippen LogP contribution is -2.37. The average molecular weight is 287 g/mol. The van der Waals surface area contributed by atoms with Crippen LogP contribution < -0.4 is 0 Å². The number of alkyl halides is 1. The Balaban J connectivity index is 1.95. The Kier molecular flexibility index (Phi) is 4.18. The van der Waals surface area contributed by atoms with Gasteiger partial charge >= 0.3 is 0 Å². The SMILES string of the molecule is CC1(C)C(C(=O)N2CCCN(CCCl)CC2)C1(C)C. The van der Waals surface area contributed by atoms with Crippen LogP contribution in [-0.4, -0.2) is 54.3 Å². The summed E-state index contributed by atoms with van der Waals surface area (Å²) in [6.45, 7) is 13.6. The molecule has 19 heavy (non-hydrogen) atoms. The molecule has 2 fully saturated rings. The van der Waals surface area contributed by atoms with Crippen LogP contribution in [0.15, 0.2) is 0 Å². The number of hydrogen-bond acceptors (Lipinski definition) is 2. The van der Waals surface area contributed by atoms with E-state index in [1.807, 2.05) is 0 Å². The highest BCUT2D eigenvalue weighted by Crippen LogP contribution is 2.68. The smallest absolute Gasteiger partial charge is 0.226 e. The van der Waals surface area contributed by atoms with Crippen molar-refractivity contribution in [3.05, 3.63) is 0 Å². The first-order chi connectivity index (χ1) is 8.82. The molecule has 0 bridgehead atoms. The number of amides is 1. The maximum Gasteiger partial charge on any atom is 0.226 e. The molecule has 1 amide bonds. The van der Waals surface area contributed by atoms with Gasteiger partial charge in [0, 0.05) is 38.0 Å². The van der Waals surface area contributed by atoms with E-state index >= 15 is 0 Å². The normalized spacial score (nSPS) is 27.1. The van der Waals surface area contributed by atoms with Crippen molar-refractivity contribution in [1.82, 2.24) is 9.80 Å². The molecule has 0 aromatic carbocycles. The van der Waals surface area contributed by atoms with Crippen molar-refractivity contribution < 1.29 is 4.79 Å². The first kappa shape index (κ1) is 15.1. The molecule has 1 aliphatic heterocycles. The Bertz CT molecular complexity index is 340. The fourth-order valence-electron chi connectivity index (χ4n) is 3.53. The number of nitrogens with zero attached hydrogens (tertiary/aromatic N) is 2. The third-order valence-corrected chi connectivity index (χ3v) is 5.74. The van der Waals surface area contributed by atoms with Gasteiger partial charge in [-0.3, -0.25) is 4.79 Å². The monoisotopic (exact) mass is 286 g/mol. The summed E-state index contributed by atoms with van der Waals surface area (Å²) < 4.78 is 0. The van der Waals surface area contributed by atoms with Crippen LogP contribution in [0.3, 0.4) is 0 Å². The topological polar surface area (TPSA) is 23.6 Å². The summed E-state index contributed by atoms with van der Waals surface area (Å²) in [5, 5.41) is 0. The van der Waals surface area contributed by atoms with Crippen LogP contribution in [0.4, 0.5) is 0 Å². The third kappa shape index (κ3) is 2.64. The van der Waals surface area contributed by atoms with Gasteiger partial charge in [0.1, 0.15) is 0 Å². The summed E-state index contributed by atoms with van der Waals surface area (Å²) in [5.74, 6) is 1.23. The maximum absolute atomic E-state index is 12.7. The summed E-state index contributed by atoms with van der Waals surface area (Å²) in [6, 6.07) is 0. The quantitative estimate of drug-likeness (QED) is 0.744. The van der Waals surface area contributed by atoms with Crippen molar-refractivity contribution in [2.45, 2.75) is 34.1 Å². The van der Waals surface area contributed by atoms with E-state index in [1.165, 1.54) is 0 Å². The zero-order valence-corrected chi connectivity index (χ0v) is 13.5. The second-order valence-corrected chi connectivity index (χ2v) is 7.46. The van der Waals surface area contributed by atoms with Gasteiger partial charge in [0.15, 0.2) is 0 Å². The Hall–Kier alpha value is -0.280. The van der Waals surface area contributed by atoms with Crippen LogP contribution in [0, 0.1) is 16.7 Å². The van der Waals surface area contributed by atoms with E-state index in [1.54, 1.807) is 0 Å². The predicted molar refractivity (Wildman–Crippen MR) is 79.4 cm³/mol. The highest BCUT2D eigenvalue weighted by Gasteiger charge is 2.68. The highest BCUT2D eigenvalue weighted by molar-refractivity contribution is 6.18. The first-order valence-corrected chi connectivity index (χ1v) is 7.93. The predicted octanol–water partition coefficient (Wildman–Crippen LogP) is 2.44. The number of rotatable bonds is 3. The number of hydrogen-bond donors (Lipinski definition) is 0. The van der Waals surface area contributed by atoms with Gasteiger partial charge in [0.05, 0.1) is 0 Å². The summed E-state index contributed by atoms with van der Waals surface area (Å²) in [4.78, 5) is 17.1. The second kappa shape index (κ2) is 5.25. The summed E-state index contributed by atoms with van der Waals surface area (Å²) in [7, 11) is 0. The minimum Gasteiger partial charge on any atom is -0.341 e. The molecule has 2 rings (SSSR count). The zero-order valence-electron chi connectivity index (χ0n) is 12.7. The summed E-state index contributed by atoms with van der Waals surface area (Å²) in [5.41, 5.74) is 0.290. The standard InChI is InChI=1S/C15H27ClN2O/c1-14(2)12(15(14,3)4)13(19)18-8-5-7-17(9-6-16)10-11-18/h12H,5-11H2,1-4H3. The molecule has 110 valence electrons. The fraction of sp³-hybridized carbons (Fsp3) is 0.933. The van der Waals surface area contributed by atoms with Gasteiger partial charge in [-0.1, -0.05) is 27.7 Å². The van der Waals surface area contributed by atoms with Gasteiger partial charge in [-0.15, -0.1) is 11.6 Å². The van der Waals surface area contributed by atoms with Crippen LogP contribution >= 0.6 is 11.6 Å². The van der Waals surface area contributed by atoms with Crippen LogP contribution in [0.1, 0.15) is 34.1 Å². The van der Waals surface area contributed by atoms with E-state index in [4.69, 9.17) is 11.6 Å². The van der Waals surface area contributed by atoms with E-state index in [0.717, 1.165) is 39.1 Å². The molecular formula is C15H27ClN2O. The Morgan fingerprint density at radius 1 is 1.11 bits per heavy atom. The highest BCUT2D eigenvalue weighted by atomic mass is 35.5. The lowest BCUT2D eigenvalue weighted by atomic mass is 10.0. The van der Waals surface area contributed by atoms with Crippen molar-refractivity contribution in [3.63, 3.8) is 0 Å². The third-order valence-electron chi connectivity index (χ3n) is 5.57. The van der Waals surface area contributed by atoms with Crippen molar-refractivity contribution >= 4 is 17.5 Å². The molecule has 3 nitrogen and oxygen atoms in total. The molecule has 1 saturated carbocycles. The van der Waals surface area contributed by atoms with Crippen molar-refractivity contribution in [1.29, 1.82) is 0 Å². The van der Waals surface area contributed by atoms with Crippen LogP contribution in [0.25, 0.3) is 0 Å². The van der Waals surface area contributed by atoms with E-state index in [9.17, 15) is 4.79 Å². The maximum atomic E-state index is 12.7. The van der Waals surface area contributed by atoms with Gasteiger partial charge < -0.3 is 9.80 Å². The molecule has 4 heteroatoms. The molecule has 0 spiro atoms. The molecule has 0 unspecified atom stereocenters. The van der Waals surface area contributed by atoms with E-state index < -0.39 is 0 Å². The van der Waals surface area contributed by atoms with Gasteiger partial charge in [0.2, 0.25) is 5.91 Å². The molecule has 0 aromatic heterocycles. The van der Waals surface area contributed by atoms with Gasteiger partial charge in [0.25, 0.3) is 0 Å². The molecule has 0 aromatic rings. The molecule has 1 heterocycles. The summed E-state index contributed by atoms with van der Waals surface area (Å²) >= 11 is 5.80. The molecule has 1 aliphatic carbocycles. The molecule has 0 atom stereocenters. The molecule has 0 radical (unpaired) electrons. The van der Waals surface area contributed by atoms with E-state index in [-0.39, 0.29) is 16.7 Å². The molecule has 1 saturated heterocycles. The zero-order chi connectivity index (χ0) is 14.3. The fourth-order valence-corrected chi connectivity index (χ4v) is 3.77. The van der Waals surface area contributed by atoms with Crippen molar-refractivity contribution in [3.8, 4) is 0 Å². The number of carbonyl (C=O) groups excluding carboxylic acids is 1. The van der Waals surface area contributed by atoms with Crippen molar-refractivity contribution in [2.75, 3.05) is 38.6 Å². The second-order valence-electron chi connectivity index (χ2n) is 7.09. The van der Waals surface area contributed by atoms with Crippen molar-refractivity contribution in [2.24, 2.45) is 16.7 Å². The molecule has 2 aliphatic rings. The van der Waals surface area contributed by atoms with E-state index in [2.05, 4.69) is 37.5 Å².